The van der Waals surface area contributed by atoms with E-state index in [0.29, 0.717) is 13.1 Å². The van der Waals surface area contributed by atoms with Gasteiger partial charge in [-0.2, -0.15) is 11.8 Å². The first kappa shape index (κ1) is 9.82. The Kier molecular flexibility index (Phi) is 8.66. The third-order valence-corrected chi connectivity index (χ3v) is 2.06. The molecule has 0 amide bonds. The largest absolute Gasteiger partial charge is 0.468 e. The molecule has 0 bridgehead atoms. The Morgan fingerprint density at radius 1 is 1.50 bits per heavy atom. The van der Waals surface area contributed by atoms with Crippen LogP contribution in [0.25, 0.3) is 0 Å². The summed E-state index contributed by atoms with van der Waals surface area (Å²) in [5.41, 5.74) is 0. The van der Waals surface area contributed by atoms with Crippen LogP contribution in [0.4, 0.5) is 0 Å². The second kappa shape index (κ2) is 8.82. The maximum absolute atomic E-state index is 9.67. The van der Waals surface area contributed by atoms with E-state index in [1.54, 1.807) is 0 Å². The van der Waals surface area contributed by atoms with E-state index in [-0.39, 0.29) is 0 Å². The third kappa shape index (κ3) is 7.82. The average molecular weight is 162 g/mol. The molecule has 0 saturated heterocycles. The predicted molar refractivity (Wildman–Crippen MR) is 44.2 cm³/mol. The molecule has 0 N–H and O–H groups in total. The summed E-state index contributed by atoms with van der Waals surface area (Å²) in [7, 11) is 0. The lowest BCUT2D eigenvalue weighted by Gasteiger charge is -1.97. The van der Waals surface area contributed by atoms with Gasteiger partial charge < -0.3 is 4.74 Å². The summed E-state index contributed by atoms with van der Waals surface area (Å²) in [5, 5.41) is 0. The molecule has 0 aromatic heterocycles. The highest BCUT2D eigenvalue weighted by molar-refractivity contribution is 7.99. The molecule has 0 heterocycles. The molecule has 0 aromatic carbocycles. The van der Waals surface area contributed by atoms with Gasteiger partial charge in [0, 0.05) is 0 Å². The Morgan fingerprint density at radius 2 is 2.30 bits per heavy atom. The van der Waals surface area contributed by atoms with Gasteiger partial charge in [-0.1, -0.05) is 6.92 Å². The number of carbonyl (C=O) groups is 1. The zero-order valence-corrected chi connectivity index (χ0v) is 7.15. The molecule has 0 atom stereocenters. The topological polar surface area (TPSA) is 26.3 Å². The number of rotatable bonds is 7. The summed E-state index contributed by atoms with van der Waals surface area (Å²) in [6.07, 6.45) is 2.14. The lowest BCUT2D eigenvalue weighted by atomic mass is 10.4. The van der Waals surface area contributed by atoms with Crippen LogP contribution in [-0.2, 0) is 9.53 Å². The van der Waals surface area contributed by atoms with Crippen LogP contribution in [-0.4, -0.2) is 24.6 Å². The monoisotopic (exact) mass is 162 g/mol. The Balaban J connectivity index is 2.70. The fourth-order valence-corrected chi connectivity index (χ4v) is 1.28. The van der Waals surface area contributed by atoms with Gasteiger partial charge in [0.05, 0.1) is 6.61 Å². The van der Waals surface area contributed by atoms with E-state index in [0.717, 1.165) is 12.8 Å². The Bertz CT molecular complexity index is 76.0. The first-order valence-electron chi connectivity index (χ1n) is 3.54. The van der Waals surface area contributed by atoms with E-state index < -0.39 is 0 Å². The molecule has 0 radical (unpaired) electrons. The van der Waals surface area contributed by atoms with Crippen LogP contribution in [0.5, 0.6) is 0 Å². The normalized spacial score (nSPS) is 9.30. The lowest BCUT2D eigenvalue weighted by Crippen LogP contribution is -1.92. The van der Waals surface area contributed by atoms with Gasteiger partial charge in [-0.05, 0) is 24.3 Å². The average Bonchev–Trinajstić information content (AvgIpc) is 1.97. The first-order valence-corrected chi connectivity index (χ1v) is 4.70. The number of hydrogen-bond acceptors (Lipinski definition) is 3. The fraction of sp³-hybridized carbons (Fsp3) is 0.857. The molecule has 3 heteroatoms. The van der Waals surface area contributed by atoms with Crippen molar-refractivity contribution in [3.8, 4) is 0 Å². The van der Waals surface area contributed by atoms with Gasteiger partial charge >= 0.3 is 0 Å². The molecule has 0 aromatic rings. The van der Waals surface area contributed by atoms with E-state index in [1.165, 1.54) is 11.5 Å². The molecule has 0 aliphatic heterocycles. The molecule has 0 saturated carbocycles. The minimum Gasteiger partial charge on any atom is -0.468 e. The van der Waals surface area contributed by atoms with Crippen LogP contribution < -0.4 is 0 Å². The molecular formula is C7H14O2S. The zero-order valence-electron chi connectivity index (χ0n) is 6.34. The second-order valence-electron chi connectivity index (χ2n) is 1.87. The van der Waals surface area contributed by atoms with Gasteiger partial charge in [0.25, 0.3) is 6.47 Å². The molecule has 0 aliphatic rings. The van der Waals surface area contributed by atoms with Crippen LogP contribution in [0, 0.1) is 0 Å². The maximum Gasteiger partial charge on any atom is 0.293 e. The summed E-state index contributed by atoms with van der Waals surface area (Å²) in [6, 6.07) is 0. The SMILES string of the molecule is CCSCCCCOC=O. The highest BCUT2D eigenvalue weighted by Gasteiger charge is 1.87. The van der Waals surface area contributed by atoms with Crippen molar-refractivity contribution < 1.29 is 9.53 Å². The van der Waals surface area contributed by atoms with Crippen molar-refractivity contribution in [2.45, 2.75) is 19.8 Å². The van der Waals surface area contributed by atoms with Crippen LogP contribution in [0.3, 0.4) is 0 Å². The van der Waals surface area contributed by atoms with E-state index in [9.17, 15) is 4.79 Å². The number of carbonyl (C=O) groups excluding carboxylic acids is 1. The molecule has 0 aliphatic carbocycles. The molecule has 0 fully saturated rings. The minimum atomic E-state index is 0.507. The van der Waals surface area contributed by atoms with Crippen molar-refractivity contribution >= 4 is 18.2 Å². The van der Waals surface area contributed by atoms with Crippen LogP contribution in [0.15, 0.2) is 0 Å². The van der Waals surface area contributed by atoms with E-state index in [4.69, 9.17) is 0 Å². The van der Waals surface area contributed by atoms with Crippen molar-refractivity contribution in [3.63, 3.8) is 0 Å². The fourth-order valence-electron chi connectivity index (χ4n) is 0.582. The molecule has 10 heavy (non-hydrogen) atoms. The van der Waals surface area contributed by atoms with E-state index in [2.05, 4.69) is 11.7 Å². The first-order chi connectivity index (χ1) is 4.91. The van der Waals surface area contributed by atoms with Crippen LogP contribution in [0.2, 0.25) is 0 Å². The standard InChI is InChI=1S/C7H14O2S/c1-2-10-6-4-3-5-9-7-8/h7H,2-6H2,1H3. The van der Waals surface area contributed by atoms with Gasteiger partial charge in [0.2, 0.25) is 0 Å². The Labute approximate surface area is 66.3 Å². The van der Waals surface area contributed by atoms with E-state index in [1.807, 2.05) is 11.8 Å². The predicted octanol–water partition coefficient (Wildman–Crippen LogP) is 1.69. The van der Waals surface area contributed by atoms with Crippen LogP contribution in [0.1, 0.15) is 19.8 Å². The molecule has 0 unspecified atom stereocenters. The van der Waals surface area contributed by atoms with Crippen molar-refractivity contribution in [2.24, 2.45) is 0 Å². The molecular weight excluding hydrogens is 148 g/mol. The van der Waals surface area contributed by atoms with Gasteiger partial charge in [-0.3, -0.25) is 4.79 Å². The zero-order chi connectivity index (χ0) is 7.66. The summed E-state index contributed by atoms with van der Waals surface area (Å²) in [5.74, 6) is 2.35. The summed E-state index contributed by atoms with van der Waals surface area (Å²) < 4.78 is 4.52. The molecule has 60 valence electrons. The summed E-state index contributed by atoms with van der Waals surface area (Å²) in [4.78, 5) is 9.67. The Morgan fingerprint density at radius 3 is 2.90 bits per heavy atom. The van der Waals surface area contributed by atoms with Gasteiger partial charge in [-0.25, -0.2) is 0 Å². The number of unbranched alkanes of at least 4 members (excludes halogenated alkanes) is 1. The van der Waals surface area contributed by atoms with Crippen LogP contribution >= 0.6 is 11.8 Å². The van der Waals surface area contributed by atoms with Crippen molar-refractivity contribution in [1.82, 2.24) is 0 Å². The van der Waals surface area contributed by atoms with Crippen molar-refractivity contribution in [2.75, 3.05) is 18.1 Å². The second-order valence-corrected chi connectivity index (χ2v) is 3.26. The quantitative estimate of drug-likeness (QED) is 0.421. The number of ether oxygens (including phenoxy) is 1. The minimum absolute atomic E-state index is 0.507. The third-order valence-electron chi connectivity index (χ3n) is 1.07. The molecule has 0 rings (SSSR count). The van der Waals surface area contributed by atoms with Gasteiger partial charge in [0.15, 0.2) is 0 Å². The highest BCUT2D eigenvalue weighted by Crippen LogP contribution is 2.02. The lowest BCUT2D eigenvalue weighted by molar-refractivity contribution is -0.128. The summed E-state index contributed by atoms with van der Waals surface area (Å²) >= 11 is 1.92. The number of hydrogen-bond donors (Lipinski definition) is 0. The van der Waals surface area contributed by atoms with Crippen molar-refractivity contribution in [3.05, 3.63) is 0 Å². The maximum atomic E-state index is 9.67. The summed E-state index contributed by atoms with van der Waals surface area (Å²) in [6.45, 7) is 3.23. The highest BCUT2D eigenvalue weighted by atomic mass is 32.2. The smallest absolute Gasteiger partial charge is 0.293 e. The Hall–Kier alpha value is -0.180. The van der Waals surface area contributed by atoms with Gasteiger partial charge in [0.1, 0.15) is 0 Å². The molecule has 0 spiro atoms. The number of thioether (sulfide) groups is 1. The van der Waals surface area contributed by atoms with E-state index >= 15 is 0 Å². The van der Waals surface area contributed by atoms with Crippen molar-refractivity contribution in [1.29, 1.82) is 0 Å². The molecule has 2 nitrogen and oxygen atoms in total. The van der Waals surface area contributed by atoms with Gasteiger partial charge in [-0.15, -0.1) is 0 Å².